The predicted molar refractivity (Wildman–Crippen MR) is 67.7 cm³/mol. The van der Waals surface area contributed by atoms with Gasteiger partial charge in [-0.2, -0.15) is 0 Å². The predicted octanol–water partition coefficient (Wildman–Crippen LogP) is 1.78. The van der Waals surface area contributed by atoms with Crippen LogP contribution in [0.1, 0.15) is 20.3 Å². The van der Waals surface area contributed by atoms with E-state index in [2.05, 4.69) is 28.7 Å². The van der Waals surface area contributed by atoms with E-state index in [1.165, 1.54) is 12.4 Å². The quantitative estimate of drug-likeness (QED) is 0.727. The van der Waals surface area contributed by atoms with Crippen molar-refractivity contribution in [1.29, 1.82) is 0 Å². The Morgan fingerprint density at radius 1 is 1.12 bits per heavy atom. The van der Waals surface area contributed by atoms with E-state index in [1.807, 2.05) is 11.9 Å². The molecule has 4 nitrogen and oxygen atoms in total. The Bertz CT molecular complexity index is 311. The van der Waals surface area contributed by atoms with Gasteiger partial charge in [-0.15, -0.1) is 0 Å². The van der Waals surface area contributed by atoms with Gasteiger partial charge in [-0.1, -0.05) is 13.8 Å². The van der Waals surface area contributed by atoms with Gasteiger partial charge in [0.25, 0.3) is 0 Å². The van der Waals surface area contributed by atoms with Crippen molar-refractivity contribution in [2.45, 2.75) is 20.3 Å². The molecule has 0 radical (unpaired) electrons. The van der Waals surface area contributed by atoms with Gasteiger partial charge in [0.15, 0.2) is 5.82 Å². The zero-order chi connectivity index (χ0) is 12.7. The van der Waals surface area contributed by atoms with Crippen LogP contribution in [0.25, 0.3) is 0 Å². The summed E-state index contributed by atoms with van der Waals surface area (Å²) in [6.45, 7) is 8.42. The van der Waals surface area contributed by atoms with E-state index in [9.17, 15) is 4.39 Å². The molecule has 0 spiro atoms. The normalized spacial score (nSPS) is 10.9. The second kappa shape index (κ2) is 7.17. The van der Waals surface area contributed by atoms with Crippen molar-refractivity contribution in [1.82, 2.24) is 14.9 Å². The average Bonchev–Trinajstić information content (AvgIpc) is 2.35. The van der Waals surface area contributed by atoms with Crippen molar-refractivity contribution < 1.29 is 4.39 Å². The van der Waals surface area contributed by atoms with Crippen LogP contribution >= 0.6 is 0 Å². The lowest BCUT2D eigenvalue weighted by Gasteiger charge is -2.21. The van der Waals surface area contributed by atoms with Crippen LogP contribution < -0.4 is 4.90 Å². The molecule has 0 amide bonds. The van der Waals surface area contributed by atoms with Gasteiger partial charge in [-0.3, -0.25) is 0 Å². The Balaban J connectivity index is 2.34. The van der Waals surface area contributed by atoms with Crippen LogP contribution in [0.2, 0.25) is 0 Å². The van der Waals surface area contributed by atoms with Crippen molar-refractivity contribution in [2.75, 3.05) is 38.1 Å². The molecule has 0 saturated heterocycles. The van der Waals surface area contributed by atoms with Gasteiger partial charge in [0.1, 0.15) is 0 Å². The van der Waals surface area contributed by atoms with Crippen LogP contribution in [-0.2, 0) is 0 Å². The first-order valence-corrected chi connectivity index (χ1v) is 6.08. The summed E-state index contributed by atoms with van der Waals surface area (Å²) < 4.78 is 12.6. The summed E-state index contributed by atoms with van der Waals surface area (Å²) in [6, 6.07) is 0. The Kier molecular flexibility index (Phi) is 5.83. The minimum Gasteiger partial charge on any atom is -0.344 e. The van der Waals surface area contributed by atoms with E-state index in [4.69, 9.17) is 0 Å². The molecule has 1 heterocycles. The van der Waals surface area contributed by atoms with Crippen LogP contribution in [0.5, 0.6) is 0 Å². The van der Waals surface area contributed by atoms with Crippen LogP contribution in [0.4, 0.5) is 10.3 Å². The third-order valence-electron chi connectivity index (χ3n) is 2.81. The van der Waals surface area contributed by atoms with Gasteiger partial charge in [0.05, 0.1) is 12.4 Å². The van der Waals surface area contributed by atoms with Gasteiger partial charge < -0.3 is 9.80 Å². The highest BCUT2D eigenvalue weighted by Crippen LogP contribution is 2.04. The van der Waals surface area contributed by atoms with E-state index in [0.717, 1.165) is 32.6 Å². The Hall–Kier alpha value is -1.23. The molecule has 0 aliphatic heterocycles. The summed E-state index contributed by atoms with van der Waals surface area (Å²) in [5.41, 5.74) is 0. The van der Waals surface area contributed by atoms with Crippen LogP contribution in [0.3, 0.4) is 0 Å². The number of halogens is 1. The van der Waals surface area contributed by atoms with E-state index >= 15 is 0 Å². The molecule has 0 saturated carbocycles. The lowest BCUT2D eigenvalue weighted by atomic mass is 10.3. The summed E-state index contributed by atoms with van der Waals surface area (Å²) >= 11 is 0. The number of hydrogen-bond acceptors (Lipinski definition) is 4. The Morgan fingerprint density at radius 3 is 2.24 bits per heavy atom. The molecule has 0 N–H and O–H groups in total. The van der Waals surface area contributed by atoms with E-state index in [1.54, 1.807) is 0 Å². The maximum atomic E-state index is 12.6. The number of rotatable bonds is 7. The second-order valence-corrected chi connectivity index (χ2v) is 4.00. The van der Waals surface area contributed by atoms with Crippen molar-refractivity contribution in [2.24, 2.45) is 0 Å². The topological polar surface area (TPSA) is 32.3 Å². The number of anilines is 1. The van der Waals surface area contributed by atoms with Gasteiger partial charge in [-0.25, -0.2) is 14.4 Å². The van der Waals surface area contributed by atoms with Gasteiger partial charge in [0, 0.05) is 13.6 Å². The molecule has 1 aromatic rings. The molecule has 1 aromatic heterocycles. The first-order chi connectivity index (χ1) is 8.17. The second-order valence-electron chi connectivity index (χ2n) is 4.00. The highest BCUT2D eigenvalue weighted by Gasteiger charge is 2.05. The van der Waals surface area contributed by atoms with Crippen LogP contribution in [0.15, 0.2) is 12.4 Å². The molecule has 0 fully saturated rings. The number of hydrogen-bond donors (Lipinski definition) is 0. The smallest absolute Gasteiger partial charge is 0.225 e. The zero-order valence-electron chi connectivity index (χ0n) is 10.9. The molecule has 0 atom stereocenters. The maximum Gasteiger partial charge on any atom is 0.225 e. The molecule has 0 aromatic carbocycles. The largest absolute Gasteiger partial charge is 0.344 e. The maximum absolute atomic E-state index is 12.6. The Morgan fingerprint density at radius 2 is 1.71 bits per heavy atom. The number of nitrogens with zero attached hydrogens (tertiary/aromatic N) is 4. The molecule has 17 heavy (non-hydrogen) atoms. The molecule has 5 heteroatoms. The third kappa shape index (κ3) is 4.65. The van der Waals surface area contributed by atoms with Crippen LogP contribution in [0, 0.1) is 5.82 Å². The van der Waals surface area contributed by atoms with Crippen molar-refractivity contribution >= 4 is 5.95 Å². The van der Waals surface area contributed by atoms with Crippen LogP contribution in [-0.4, -0.2) is 48.1 Å². The van der Waals surface area contributed by atoms with Crippen molar-refractivity contribution in [3.63, 3.8) is 0 Å². The minimum atomic E-state index is -0.398. The van der Waals surface area contributed by atoms with E-state index in [-0.39, 0.29) is 0 Å². The third-order valence-corrected chi connectivity index (χ3v) is 2.81. The summed E-state index contributed by atoms with van der Waals surface area (Å²) in [7, 11) is 1.93. The minimum absolute atomic E-state index is 0.398. The van der Waals surface area contributed by atoms with Gasteiger partial charge in [-0.05, 0) is 26.1 Å². The molecule has 0 aliphatic rings. The highest BCUT2D eigenvalue weighted by atomic mass is 19.1. The average molecular weight is 240 g/mol. The number of aromatic nitrogens is 2. The summed E-state index contributed by atoms with van der Waals surface area (Å²) in [4.78, 5) is 12.2. The van der Waals surface area contributed by atoms with E-state index in [0.29, 0.717) is 5.95 Å². The molecule has 0 bridgehead atoms. The molecular weight excluding hydrogens is 219 g/mol. The van der Waals surface area contributed by atoms with E-state index < -0.39 is 5.82 Å². The summed E-state index contributed by atoms with van der Waals surface area (Å²) in [6.07, 6.45) is 3.45. The fraction of sp³-hybridized carbons (Fsp3) is 0.667. The van der Waals surface area contributed by atoms with Gasteiger partial charge in [0.2, 0.25) is 5.95 Å². The molecule has 0 unspecified atom stereocenters. The molecular formula is C12H21FN4. The zero-order valence-corrected chi connectivity index (χ0v) is 10.9. The summed E-state index contributed by atoms with van der Waals surface area (Å²) in [5, 5.41) is 0. The van der Waals surface area contributed by atoms with Crippen molar-refractivity contribution in [3.05, 3.63) is 18.2 Å². The Labute approximate surface area is 102 Å². The lowest BCUT2D eigenvalue weighted by Crippen LogP contribution is -2.28. The summed E-state index contributed by atoms with van der Waals surface area (Å²) in [5.74, 6) is 0.177. The molecule has 96 valence electrons. The fourth-order valence-corrected chi connectivity index (χ4v) is 1.67. The molecule has 0 aliphatic carbocycles. The lowest BCUT2D eigenvalue weighted by molar-refractivity contribution is 0.301. The monoisotopic (exact) mass is 240 g/mol. The SMILES string of the molecule is CCN(CC)CCCN(C)c1ncc(F)cn1. The first kappa shape index (κ1) is 13.8. The first-order valence-electron chi connectivity index (χ1n) is 6.08. The van der Waals surface area contributed by atoms with Crippen molar-refractivity contribution in [3.8, 4) is 0 Å². The molecule has 1 rings (SSSR count). The fourth-order valence-electron chi connectivity index (χ4n) is 1.67. The highest BCUT2D eigenvalue weighted by molar-refractivity contribution is 5.26. The van der Waals surface area contributed by atoms with Gasteiger partial charge >= 0.3 is 0 Å². The standard InChI is InChI=1S/C12H21FN4/c1-4-17(5-2)8-6-7-16(3)12-14-9-11(13)10-15-12/h9-10H,4-8H2,1-3H3.